The Morgan fingerprint density at radius 3 is 2.26 bits per heavy atom. The normalized spacial score (nSPS) is 11.3. The highest BCUT2D eigenvalue weighted by Gasteiger charge is 2.33. The van der Waals surface area contributed by atoms with E-state index < -0.39 is 17.6 Å². The second-order valence-corrected chi connectivity index (χ2v) is 6.10. The molecule has 27 heavy (non-hydrogen) atoms. The minimum absolute atomic E-state index is 0.0843. The highest BCUT2D eigenvalue weighted by atomic mass is 19.4. The van der Waals surface area contributed by atoms with Gasteiger partial charge in [-0.3, -0.25) is 4.79 Å². The molecule has 0 aliphatic heterocycles. The number of alkyl halides is 3. The van der Waals surface area contributed by atoms with Crippen molar-refractivity contribution in [2.75, 3.05) is 5.32 Å². The van der Waals surface area contributed by atoms with E-state index in [9.17, 15) is 23.1 Å². The molecular weight excluding hydrogens is 355 g/mol. The number of phenolic OH excluding ortho intramolecular Hbond substituents is 1. The minimum Gasteiger partial charge on any atom is -0.507 e. The highest BCUT2D eigenvalue weighted by Crippen LogP contribution is 2.37. The molecule has 0 bridgehead atoms. The lowest BCUT2D eigenvalue weighted by Crippen LogP contribution is -2.12. The lowest BCUT2D eigenvalue weighted by atomic mass is 9.97. The van der Waals surface area contributed by atoms with Gasteiger partial charge in [-0.1, -0.05) is 42.0 Å². The van der Waals surface area contributed by atoms with Crippen LogP contribution in [0.3, 0.4) is 0 Å². The van der Waals surface area contributed by atoms with Crippen molar-refractivity contribution in [1.82, 2.24) is 0 Å². The molecule has 138 valence electrons. The average Bonchev–Trinajstić information content (AvgIpc) is 2.61. The lowest BCUT2D eigenvalue weighted by molar-refractivity contribution is -0.137. The van der Waals surface area contributed by atoms with E-state index in [-0.39, 0.29) is 16.9 Å². The van der Waals surface area contributed by atoms with Crippen LogP contribution in [0.25, 0.3) is 11.1 Å². The summed E-state index contributed by atoms with van der Waals surface area (Å²) in [6.07, 6.45) is -4.46. The van der Waals surface area contributed by atoms with Crippen LogP contribution in [0.2, 0.25) is 0 Å². The first-order valence-corrected chi connectivity index (χ1v) is 8.13. The molecule has 3 nitrogen and oxygen atoms in total. The summed E-state index contributed by atoms with van der Waals surface area (Å²) in [7, 11) is 0. The molecule has 0 aromatic heterocycles. The highest BCUT2D eigenvalue weighted by molar-refractivity contribution is 6.06. The number of amides is 1. The fourth-order valence-corrected chi connectivity index (χ4v) is 2.74. The average molecular weight is 371 g/mol. The van der Waals surface area contributed by atoms with Crippen LogP contribution in [0, 0.1) is 6.92 Å². The molecule has 1 amide bonds. The lowest BCUT2D eigenvalue weighted by Gasteiger charge is -2.14. The van der Waals surface area contributed by atoms with Gasteiger partial charge in [0, 0.05) is 5.69 Å². The minimum atomic E-state index is -4.46. The molecule has 0 unspecified atom stereocenters. The van der Waals surface area contributed by atoms with E-state index in [4.69, 9.17) is 0 Å². The monoisotopic (exact) mass is 371 g/mol. The Morgan fingerprint density at radius 2 is 1.63 bits per heavy atom. The Labute approximate surface area is 154 Å². The first-order chi connectivity index (χ1) is 12.8. The van der Waals surface area contributed by atoms with Gasteiger partial charge in [0.25, 0.3) is 5.91 Å². The molecule has 0 aliphatic carbocycles. The molecule has 0 saturated carbocycles. The predicted molar refractivity (Wildman–Crippen MR) is 97.7 cm³/mol. The van der Waals surface area contributed by atoms with Crippen LogP contribution >= 0.6 is 0 Å². The van der Waals surface area contributed by atoms with Crippen LogP contribution < -0.4 is 5.32 Å². The maximum Gasteiger partial charge on any atom is 0.417 e. The Bertz CT molecular complexity index is 979. The summed E-state index contributed by atoms with van der Waals surface area (Å²) in [4.78, 5) is 12.2. The first-order valence-electron chi connectivity index (χ1n) is 8.13. The molecule has 0 saturated heterocycles. The molecule has 0 atom stereocenters. The van der Waals surface area contributed by atoms with Crippen molar-refractivity contribution < 1.29 is 23.1 Å². The summed E-state index contributed by atoms with van der Waals surface area (Å²) in [6, 6.07) is 16.1. The number of benzene rings is 3. The number of aromatic hydroxyl groups is 1. The number of hydrogen-bond donors (Lipinski definition) is 2. The van der Waals surface area contributed by atoms with E-state index in [0.29, 0.717) is 11.3 Å². The summed E-state index contributed by atoms with van der Waals surface area (Å²) in [5.41, 5.74) is 1.01. The van der Waals surface area contributed by atoms with E-state index in [2.05, 4.69) is 5.32 Å². The number of anilines is 1. The van der Waals surface area contributed by atoms with E-state index in [1.54, 1.807) is 19.1 Å². The number of carbonyl (C=O) groups excluding carboxylic acids is 1. The van der Waals surface area contributed by atoms with Gasteiger partial charge < -0.3 is 10.4 Å². The molecule has 3 aromatic rings. The molecule has 0 aliphatic rings. The van der Waals surface area contributed by atoms with Gasteiger partial charge in [0.15, 0.2) is 0 Å². The molecule has 3 aromatic carbocycles. The van der Waals surface area contributed by atoms with Crippen molar-refractivity contribution in [3.8, 4) is 16.9 Å². The van der Waals surface area contributed by atoms with E-state index in [1.807, 2.05) is 0 Å². The molecule has 2 N–H and O–H groups in total. The van der Waals surface area contributed by atoms with Crippen LogP contribution in [-0.2, 0) is 6.18 Å². The number of nitrogens with one attached hydrogen (secondary N) is 1. The second kappa shape index (κ2) is 7.15. The molecule has 6 heteroatoms. The van der Waals surface area contributed by atoms with Gasteiger partial charge in [-0.2, -0.15) is 13.2 Å². The molecule has 0 radical (unpaired) electrons. The van der Waals surface area contributed by atoms with Crippen molar-refractivity contribution in [3.05, 3.63) is 83.4 Å². The molecule has 0 spiro atoms. The molecule has 0 fully saturated rings. The van der Waals surface area contributed by atoms with Crippen LogP contribution in [0.15, 0.2) is 66.7 Å². The summed E-state index contributed by atoms with van der Waals surface area (Å²) in [5, 5.41) is 12.3. The third-order valence-electron chi connectivity index (χ3n) is 4.08. The fourth-order valence-electron chi connectivity index (χ4n) is 2.74. The zero-order valence-electron chi connectivity index (χ0n) is 14.3. The number of halogens is 3. The number of aryl methyl sites for hydroxylation is 1. The van der Waals surface area contributed by atoms with Crippen LogP contribution in [0.1, 0.15) is 21.5 Å². The number of hydrogen-bond acceptors (Lipinski definition) is 2. The topological polar surface area (TPSA) is 49.3 Å². The van der Waals surface area contributed by atoms with Crippen molar-refractivity contribution >= 4 is 11.6 Å². The molecular formula is C21H16F3NO2. The first kappa shape index (κ1) is 18.5. The van der Waals surface area contributed by atoms with E-state index >= 15 is 0 Å². The number of para-hydroxylation sites is 1. The molecule has 0 heterocycles. The van der Waals surface area contributed by atoms with Gasteiger partial charge in [-0.05, 0) is 48.4 Å². The summed E-state index contributed by atoms with van der Waals surface area (Å²) in [5.74, 6) is -0.659. The summed E-state index contributed by atoms with van der Waals surface area (Å²) < 4.78 is 39.8. The van der Waals surface area contributed by atoms with Crippen LogP contribution in [0.4, 0.5) is 18.9 Å². The Morgan fingerprint density at radius 1 is 0.963 bits per heavy atom. The second-order valence-electron chi connectivity index (χ2n) is 6.10. The third-order valence-corrected chi connectivity index (χ3v) is 4.08. The van der Waals surface area contributed by atoms with Crippen LogP contribution in [-0.4, -0.2) is 11.0 Å². The van der Waals surface area contributed by atoms with Crippen molar-refractivity contribution in [1.29, 1.82) is 0 Å². The zero-order chi connectivity index (χ0) is 19.6. The largest absolute Gasteiger partial charge is 0.507 e. The number of phenols is 1. The Hall–Kier alpha value is -3.28. The van der Waals surface area contributed by atoms with E-state index in [1.165, 1.54) is 48.5 Å². The maximum atomic E-state index is 13.3. The Kier molecular flexibility index (Phi) is 4.90. The smallest absolute Gasteiger partial charge is 0.417 e. The fraction of sp³-hybridized carbons (Fsp3) is 0.0952. The SMILES string of the molecule is Cc1ccc(C(F)(F)F)c(-c2ccc(NC(=O)c3ccccc3O)cc2)c1. The van der Waals surface area contributed by atoms with Gasteiger partial charge in [-0.15, -0.1) is 0 Å². The standard InChI is InChI=1S/C21H16F3NO2/c1-13-6-11-18(21(22,23)24)17(12-13)14-7-9-15(10-8-14)25-20(27)16-4-2-3-5-19(16)26/h2-12,26H,1H3,(H,25,27). The third kappa shape index (κ3) is 4.11. The van der Waals surface area contributed by atoms with Gasteiger partial charge >= 0.3 is 6.18 Å². The predicted octanol–water partition coefficient (Wildman–Crippen LogP) is 5.64. The number of rotatable bonds is 3. The zero-order valence-corrected chi connectivity index (χ0v) is 14.3. The van der Waals surface area contributed by atoms with Crippen molar-refractivity contribution in [2.24, 2.45) is 0 Å². The number of carbonyl (C=O) groups is 1. The summed E-state index contributed by atoms with van der Waals surface area (Å²) >= 11 is 0. The van der Waals surface area contributed by atoms with Gasteiger partial charge in [0.05, 0.1) is 11.1 Å². The van der Waals surface area contributed by atoms with Gasteiger partial charge in [0.2, 0.25) is 0 Å². The summed E-state index contributed by atoms with van der Waals surface area (Å²) in [6.45, 7) is 1.73. The maximum absolute atomic E-state index is 13.3. The Balaban J connectivity index is 1.88. The van der Waals surface area contributed by atoms with E-state index in [0.717, 1.165) is 11.6 Å². The van der Waals surface area contributed by atoms with Gasteiger partial charge in [-0.25, -0.2) is 0 Å². The van der Waals surface area contributed by atoms with Crippen molar-refractivity contribution in [2.45, 2.75) is 13.1 Å². The quantitative estimate of drug-likeness (QED) is 0.626. The molecule has 3 rings (SSSR count). The van der Waals surface area contributed by atoms with Crippen molar-refractivity contribution in [3.63, 3.8) is 0 Å². The van der Waals surface area contributed by atoms with Crippen LogP contribution in [0.5, 0.6) is 5.75 Å². The van der Waals surface area contributed by atoms with Gasteiger partial charge in [0.1, 0.15) is 5.75 Å².